The zero-order chi connectivity index (χ0) is 12.1. The number of rotatable bonds is 7. The third kappa shape index (κ3) is 4.52. The average molecular weight is 214 g/mol. The summed E-state index contributed by atoms with van der Waals surface area (Å²) in [5.41, 5.74) is 0.219. The smallest absolute Gasteiger partial charge is 0.0300 e. The van der Waals surface area contributed by atoms with E-state index >= 15 is 0 Å². The Hall–Kier alpha value is -0.0800. The maximum absolute atomic E-state index is 3.47. The van der Waals surface area contributed by atoms with Crippen LogP contribution in [0.4, 0.5) is 0 Å². The highest BCUT2D eigenvalue weighted by Gasteiger charge is 2.31. The van der Waals surface area contributed by atoms with Gasteiger partial charge in [-0.25, -0.2) is 0 Å². The normalized spacial score (nSPS) is 16.8. The van der Waals surface area contributed by atoms with Gasteiger partial charge in [-0.05, 0) is 47.3 Å². The Kier molecular flexibility index (Phi) is 6.46. The van der Waals surface area contributed by atoms with Gasteiger partial charge in [0, 0.05) is 11.6 Å². The molecule has 92 valence electrons. The summed E-state index contributed by atoms with van der Waals surface area (Å²) in [6, 6.07) is 0.564. The first-order valence-electron chi connectivity index (χ1n) is 6.20. The van der Waals surface area contributed by atoms with Crippen molar-refractivity contribution >= 4 is 0 Å². The second kappa shape index (κ2) is 6.49. The minimum absolute atomic E-state index is 0.219. The Bertz CT molecular complexity index is 164. The molecular formula is C13H30N2. The molecule has 2 nitrogen and oxygen atoms in total. The van der Waals surface area contributed by atoms with E-state index in [0.29, 0.717) is 6.04 Å². The zero-order valence-corrected chi connectivity index (χ0v) is 11.7. The summed E-state index contributed by atoms with van der Waals surface area (Å²) in [7, 11) is 6.40. The number of hydrogen-bond acceptors (Lipinski definition) is 2. The molecule has 0 aliphatic carbocycles. The van der Waals surface area contributed by atoms with Crippen LogP contribution in [0.5, 0.6) is 0 Å². The van der Waals surface area contributed by atoms with Crippen molar-refractivity contribution < 1.29 is 0 Å². The fourth-order valence-electron chi connectivity index (χ4n) is 2.08. The van der Waals surface area contributed by atoms with E-state index in [1.807, 2.05) is 0 Å². The average Bonchev–Trinajstić information content (AvgIpc) is 2.14. The molecule has 0 aromatic carbocycles. The lowest BCUT2D eigenvalue weighted by atomic mass is 9.85. The van der Waals surface area contributed by atoms with Gasteiger partial charge >= 0.3 is 0 Å². The van der Waals surface area contributed by atoms with Crippen molar-refractivity contribution in [3.05, 3.63) is 0 Å². The molecule has 1 N–H and O–H groups in total. The Morgan fingerprint density at radius 1 is 1.27 bits per heavy atom. The number of likely N-dealkylation sites (N-methyl/N-ethyl adjacent to an activating group) is 2. The molecule has 2 unspecified atom stereocenters. The quantitative estimate of drug-likeness (QED) is 0.701. The summed E-state index contributed by atoms with van der Waals surface area (Å²) in [6.45, 7) is 9.25. The lowest BCUT2D eigenvalue weighted by molar-refractivity contribution is 0.126. The summed E-state index contributed by atoms with van der Waals surface area (Å²) >= 11 is 0. The lowest BCUT2D eigenvalue weighted by Gasteiger charge is -2.41. The lowest BCUT2D eigenvalue weighted by Crippen LogP contribution is -2.54. The summed E-state index contributed by atoms with van der Waals surface area (Å²) in [4.78, 5) is 2.31. The van der Waals surface area contributed by atoms with Crippen LogP contribution in [0.1, 0.15) is 47.0 Å². The largest absolute Gasteiger partial charge is 0.315 e. The van der Waals surface area contributed by atoms with Gasteiger partial charge in [-0.15, -0.1) is 0 Å². The Morgan fingerprint density at radius 2 is 1.80 bits per heavy atom. The van der Waals surface area contributed by atoms with Crippen molar-refractivity contribution in [2.45, 2.75) is 58.5 Å². The van der Waals surface area contributed by atoms with E-state index in [0.717, 1.165) is 5.92 Å². The molecule has 0 amide bonds. The number of nitrogens with zero attached hydrogens (tertiary/aromatic N) is 1. The van der Waals surface area contributed by atoms with Crippen LogP contribution >= 0.6 is 0 Å². The van der Waals surface area contributed by atoms with E-state index < -0.39 is 0 Å². The van der Waals surface area contributed by atoms with Gasteiger partial charge in [0.25, 0.3) is 0 Å². The van der Waals surface area contributed by atoms with E-state index in [2.05, 4.69) is 59.1 Å². The SMILES string of the molecule is CCCC(C)CC(NC)C(C)(C)N(C)C. The monoisotopic (exact) mass is 214 g/mol. The van der Waals surface area contributed by atoms with Gasteiger partial charge in [-0.1, -0.05) is 26.7 Å². The van der Waals surface area contributed by atoms with Crippen LogP contribution < -0.4 is 5.32 Å². The molecule has 0 aliphatic rings. The molecule has 0 aliphatic heterocycles. The van der Waals surface area contributed by atoms with Gasteiger partial charge in [-0.2, -0.15) is 0 Å². The molecule has 0 aromatic heterocycles. The van der Waals surface area contributed by atoms with Crippen molar-refractivity contribution in [1.82, 2.24) is 10.2 Å². The van der Waals surface area contributed by atoms with Gasteiger partial charge in [-0.3, -0.25) is 0 Å². The number of hydrogen-bond donors (Lipinski definition) is 1. The first-order chi connectivity index (χ1) is 6.86. The summed E-state index contributed by atoms with van der Waals surface area (Å²) < 4.78 is 0. The third-order valence-electron chi connectivity index (χ3n) is 3.77. The molecule has 0 saturated heterocycles. The maximum atomic E-state index is 3.47. The van der Waals surface area contributed by atoms with Crippen molar-refractivity contribution in [1.29, 1.82) is 0 Å². The Balaban J connectivity index is 4.35. The van der Waals surface area contributed by atoms with Crippen LogP contribution in [0, 0.1) is 5.92 Å². The molecule has 0 fully saturated rings. The zero-order valence-electron chi connectivity index (χ0n) is 11.7. The molecule has 0 spiro atoms. The van der Waals surface area contributed by atoms with Crippen molar-refractivity contribution in [2.75, 3.05) is 21.1 Å². The second-order valence-electron chi connectivity index (χ2n) is 5.52. The van der Waals surface area contributed by atoms with Gasteiger partial charge in [0.05, 0.1) is 0 Å². The maximum Gasteiger partial charge on any atom is 0.0300 e. The first-order valence-corrected chi connectivity index (χ1v) is 6.20. The summed E-state index contributed by atoms with van der Waals surface area (Å²) in [5.74, 6) is 0.812. The van der Waals surface area contributed by atoms with Crippen LogP contribution in [-0.4, -0.2) is 37.6 Å². The van der Waals surface area contributed by atoms with E-state index in [1.165, 1.54) is 19.3 Å². The van der Waals surface area contributed by atoms with E-state index in [1.54, 1.807) is 0 Å². The molecule has 0 bridgehead atoms. The third-order valence-corrected chi connectivity index (χ3v) is 3.77. The predicted molar refractivity (Wildman–Crippen MR) is 69.3 cm³/mol. The second-order valence-corrected chi connectivity index (χ2v) is 5.52. The molecule has 15 heavy (non-hydrogen) atoms. The van der Waals surface area contributed by atoms with Gasteiger partial charge < -0.3 is 10.2 Å². The van der Waals surface area contributed by atoms with Crippen molar-refractivity contribution in [2.24, 2.45) is 5.92 Å². The van der Waals surface area contributed by atoms with Gasteiger partial charge in [0.15, 0.2) is 0 Å². The highest BCUT2D eigenvalue weighted by molar-refractivity contribution is 4.91. The minimum Gasteiger partial charge on any atom is -0.315 e. The molecule has 0 radical (unpaired) electrons. The predicted octanol–water partition coefficient (Wildman–Crippen LogP) is 2.74. The van der Waals surface area contributed by atoms with Crippen molar-refractivity contribution in [3.63, 3.8) is 0 Å². The summed E-state index contributed by atoms with van der Waals surface area (Å²) in [5, 5.41) is 3.47. The topological polar surface area (TPSA) is 15.3 Å². The highest BCUT2D eigenvalue weighted by atomic mass is 15.2. The molecule has 2 atom stereocenters. The van der Waals surface area contributed by atoms with Crippen LogP contribution in [-0.2, 0) is 0 Å². The van der Waals surface area contributed by atoms with E-state index in [-0.39, 0.29) is 5.54 Å². The molecule has 0 heterocycles. The van der Waals surface area contributed by atoms with Gasteiger partial charge in [0.2, 0.25) is 0 Å². The molecule has 0 rings (SSSR count). The Morgan fingerprint density at radius 3 is 2.13 bits per heavy atom. The summed E-state index contributed by atoms with van der Waals surface area (Å²) in [6.07, 6.45) is 3.89. The van der Waals surface area contributed by atoms with Crippen LogP contribution in [0.3, 0.4) is 0 Å². The fourth-order valence-corrected chi connectivity index (χ4v) is 2.08. The molecule has 0 aromatic rings. The standard InChI is InChI=1S/C13H30N2/c1-8-9-11(2)10-12(14-5)13(3,4)15(6)7/h11-12,14H,8-10H2,1-7H3. The van der Waals surface area contributed by atoms with E-state index in [9.17, 15) is 0 Å². The Labute approximate surface area is 96.4 Å². The van der Waals surface area contributed by atoms with E-state index in [4.69, 9.17) is 0 Å². The highest BCUT2D eigenvalue weighted by Crippen LogP contribution is 2.23. The number of nitrogens with one attached hydrogen (secondary N) is 1. The minimum atomic E-state index is 0.219. The van der Waals surface area contributed by atoms with Crippen LogP contribution in [0.2, 0.25) is 0 Å². The van der Waals surface area contributed by atoms with Crippen molar-refractivity contribution in [3.8, 4) is 0 Å². The van der Waals surface area contributed by atoms with Crippen LogP contribution in [0.25, 0.3) is 0 Å². The molecule has 2 heteroatoms. The molecule has 0 saturated carbocycles. The van der Waals surface area contributed by atoms with Gasteiger partial charge in [0.1, 0.15) is 0 Å². The molecular weight excluding hydrogens is 184 g/mol. The first kappa shape index (κ1) is 14.9. The fraction of sp³-hybridized carbons (Fsp3) is 1.00. The van der Waals surface area contributed by atoms with Crippen LogP contribution in [0.15, 0.2) is 0 Å².